The third-order valence-electron chi connectivity index (χ3n) is 3.87. The van der Waals surface area contributed by atoms with Gasteiger partial charge in [0.2, 0.25) is 10.0 Å². The predicted octanol–water partition coefficient (Wildman–Crippen LogP) is 2.48. The molecule has 1 saturated heterocycles. The van der Waals surface area contributed by atoms with Crippen LogP contribution in [0.4, 0.5) is 0 Å². The first-order chi connectivity index (χ1) is 9.91. The van der Waals surface area contributed by atoms with Gasteiger partial charge in [0.25, 0.3) is 0 Å². The number of hydrogen-bond acceptors (Lipinski definition) is 4. The summed E-state index contributed by atoms with van der Waals surface area (Å²) in [5.74, 6) is 2.45. The van der Waals surface area contributed by atoms with Gasteiger partial charge in [-0.1, -0.05) is 12.1 Å². The molecule has 1 aromatic rings. The topological polar surface area (TPSA) is 49.4 Å². The molecule has 1 aliphatic heterocycles. The van der Waals surface area contributed by atoms with Gasteiger partial charge in [0.1, 0.15) is 0 Å². The first-order valence-corrected chi connectivity index (χ1v) is 9.87. The summed E-state index contributed by atoms with van der Waals surface area (Å²) in [5, 5.41) is 3.64. The Morgan fingerprint density at radius 3 is 2.29 bits per heavy atom. The number of nitrogens with one attached hydrogen (secondary N) is 1. The third-order valence-corrected chi connectivity index (χ3v) is 6.74. The van der Waals surface area contributed by atoms with Crippen molar-refractivity contribution in [3.8, 4) is 0 Å². The Morgan fingerprint density at radius 2 is 1.76 bits per heavy atom. The number of thioether (sulfide) groups is 1. The molecule has 6 heteroatoms. The van der Waals surface area contributed by atoms with Crippen LogP contribution in [-0.2, 0) is 10.0 Å². The lowest BCUT2D eigenvalue weighted by Gasteiger charge is -2.26. The molecule has 118 valence electrons. The highest BCUT2D eigenvalue weighted by atomic mass is 32.2. The Morgan fingerprint density at radius 1 is 1.19 bits per heavy atom. The zero-order valence-electron chi connectivity index (χ0n) is 12.9. The number of rotatable bonds is 5. The average Bonchev–Trinajstić information content (AvgIpc) is 2.48. The molecule has 1 aromatic carbocycles. The molecule has 0 bridgehead atoms. The Hall–Kier alpha value is -0.560. The number of sulfonamides is 1. The van der Waals surface area contributed by atoms with Crippen LogP contribution in [0.25, 0.3) is 0 Å². The molecule has 0 aliphatic carbocycles. The van der Waals surface area contributed by atoms with E-state index in [-0.39, 0.29) is 6.04 Å². The van der Waals surface area contributed by atoms with Gasteiger partial charge >= 0.3 is 0 Å². The Balaban J connectivity index is 2.04. The summed E-state index contributed by atoms with van der Waals surface area (Å²) in [5.41, 5.74) is 1.13. The van der Waals surface area contributed by atoms with Gasteiger partial charge in [-0.15, -0.1) is 0 Å². The molecule has 1 aliphatic rings. The van der Waals surface area contributed by atoms with Gasteiger partial charge in [0.15, 0.2) is 0 Å². The van der Waals surface area contributed by atoms with E-state index in [9.17, 15) is 8.42 Å². The minimum absolute atomic E-state index is 0.245. The van der Waals surface area contributed by atoms with Gasteiger partial charge < -0.3 is 5.32 Å². The van der Waals surface area contributed by atoms with Crippen LogP contribution in [0, 0.1) is 0 Å². The van der Waals surface area contributed by atoms with Gasteiger partial charge in [-0.05, 0) is 49.0 Å². The van der Waals surface area contributed by atoms with E-state index in [1.54, 1.807) is 26.2 Å². The van der Waals surface area contributed by atoms with Crippen molar-refractivity contribution in [3.63, 3.8) is 0 Å². The molecule has 21 heavy (non-hydrogen) atoms. The maximum atomic E-state index is 12.0. The molecule has 0 aromatic heterocycles. The van der Waals surface area contributed by atoms with E-state index >= 15 is 0 Å². The second-order valence-electron chi connectivity index (χ2n) is 5.63. The molecular formula is C15H24N2O2S2. The molecule has 2 rings (SSSR count). The maximum absolute atomic E-state index is 12.0. The fraction of sp³-hybridized carbons (Fsp3) is 0.600. The lowest BCUT2D eigenvalue weighted by atomic mass is 10.1. The molecule has 0 radical (unpaired) electrons. The smallest absolute Gasteiger partial charge is 0.242 e. The number of hydrogen-bond donors (Lipinski definition) is 1. The van der Waals surface area contributed by atoms with Crippen LogP contribution in [0.1, 0.15) is 31.4 Å². The van der Waals surface area contributed by atoms with E-state index in [1.807, 2.05) is 23.9 Å². The van der Waals surface area contributed by atoms with Gasteiger partial charge in [0.05, 0.1) is 4.90 Å². The van der Waals surface area contributed by atoms with Crippen molar-refractivity contribution in [1.82, 2.24) is 9.62 Å². The third kappa shape index (κ3) is 4.22. The molecule has 0 spiro atoms. The lowest BCUT2D eigenvalue weighted by molar-refractivity contribution is 0.431. The van der Waals surface area contributed by atoms with E-state index in [0.717, 1.165) is 5.56 Å². The molecular weight excluding hydrogens is 304 g/mol. The van der Waals surface area contributed by atoms with Crippen LogP contribution in [0.5, 0.6) is 0 Å². The standard InChI is InChI=1S/C15H24N2O2S2/c1-12(16-14-8-10-20-11-9-14)13-4-6-15(7-5-13)21(18,19)17(2)3/h4-7,12,14,16H,8-11H2,1-3H3. The average molecular weight is 329 g/mol. The summed E-state index contributed by atoms with van der Waals surface area (Å²) in [6.45, 7) is 2.14. The second kappa shape index (κ2) is 7.13. The van der Waals surface area contributed by atoms with Crippen LogP contribution < -0.4 is 5.32 Å². The molecule has 1 unspecified atom stereocenters. The molecule has 4 nitrogen and oxygen atoms in total. The highest BCUT2D eigenvalue weighted by molar-refractivity contribution is 7.99. The van der Waals surface area contributed by atoms with E-state index in [1.165, 1.54) is 28.7 Å². The molecule has 1 atom stereocenters. The van der Waals surface area contributed by atoms with Crippen molar-refractivity contribution in [3.05, 3.63) is 29.8 Å². The SMILES string of the molecule is CC(NC1CCSCC1)c1ccc(S(=O)(=O)N(C)C)cc1. The van der Waals surface area contributed by atoms with Crippen molar-refractivity contribution in [1.29, 1.82) is 0 Å². The molecule has 0 saturated carbocycles. The van der Waals surface area contributed by atoms with E-state index in [4.69, 9.17) is 0 Å². The van der Waals surface area contributed by atoms with Crippen molar-refractivity contribution in [2.45, 2.75) is 36.7 Å². The minimum Gasteiger partial charge on any atom is -0.307 e. The van der Waals surface area contributed by atoms with Crippen molar-refractivity contribution in [2.75, 3.05) is 25.6 Å². The summed E-state index contributed by atoms with van der Waals surface area (Å²) >= 11 is 2.02. The summed E-state index contributed by atoms with van der Waals surface area (Å²) in [7, 11) is -0.236. The van der Waals surface area contributed by atoms with Crippen molar-refractivity contribution in [2.24, 2.45) is 0 Å². The number of benzene rings is 1. The quantitative estimate of drug-likeness (QED) is 0.902. The highest BCUT2D eigenvalue weighted by Gasteiger charge is 2.19. The first kappa shape index (κ1) is 16.8. The fourth-order valence-electron chi connectivity index (χ4n) is 2.45. The lowest BCUT2D eigenvalue weighted by Crippen LogP contribution is -2.34. The van der Waals surface area contributed by atoms with Crippen molar-refractivity contribution < 1.29 is 8.42 Å². The summed E-state index contributed by atoms with van der Waals surface area (Å²) < 4.78 is 25.3. The monoisotopic (exact) mass is 328 g/mol. The summed E-state index contributed by atoms with van der Waals surface area (Å²) in [6, 6.07) is 8.02. The zero-order valence-corrected chi connectivity index (χ0v) is 14.5. The largest absolute Gasteiger partial charge is 0.307 e. The van der Waals surface area contributed by atoms with Crippen LogP contribution in [0.15, 0.2) is 29.2 Å². The molecule has 0 amide bonds. The van der Waals surface area contributed by atoms with Gasteiger partial charge in [-0.25, -0.2) is 12.7 Å². The van der Waals surface area contributed by atoms with Crippen molar-refractivity contribution >= 4 is 21.8 Å². The van der Waals surface area contributed by atoms with Gasteiger partial charge in [0, 0.05) is 26.2 Å². The maximum Gasteiger partial charge on any atom is 0.242 e. The predicted molar refractivity (Wildman–Crippen MR) is 89.2 cm³/mol. The van der Waals surface area contributed by atoms with Crippen LogP contribution in [-0.4, -0.2) is 44.4 Å². The van der Waals surface area contributed by atoms with Crippen LogP contribution in [0.3, 0.4) is 0 Å². The van der Waals surface area contributed by atoms with Gasteiger partial charge in [-0.3, -0.25) is 0 Å². The van der Waals surface area contributed by atoms with Gasteiger partial charge in [-0.2, -0.15) is 11.8 Å². The van der Waals surface area contributed by atoms with Crippen LogP contribution in [0.2, 0.25) is 0 Å². The van der Waals surface area contributed by atoms with E-state index in [0.29, 0.717) is 10.9 Å². The molecule has 1 heterocycles. The Kier molecular flexibility index (Phi) is 5.71. The summed E-state index contributed by atoms with van der Waals surface area (Å²) in [6.07, 6.45) is 2.42. The van der Waals surface area contributed by atoms with E-state index in [2.05, 4.69) is 12.2 Å². The molecule has 1 fully saturated rings. The first-order valence-electron chi connectivity index (χ1n) is 7.27. The van der Waals surface area contributed by atoms with Crippen LogP contribution >= 0.6 is 11.8 Å². The minimum atomic E-state index is -3.34. The summed E-state index contributed by atoms with van der Waals surface area (Å²) in [4.78, 5) is 0.345. The second-order valence-corrected chi connectivity index (χ2v) is 9.01. The zero-order chi connectivity index (χ0) is 15.5. The fourth-order valence-corrected chi connectivity index (χ4v) is 4.46. The van der Waals surface area contributed by atoms with E-state index < -0.39 is 10.0 Å². The normalized spacial score (nSPS) is 18.9. The Bertz CT molecular complexity index is 550. The highest BCUT2D eigenvalue weighted by Crippen LogP contribution is 2.22. The Labute approximate surface area is 132 Å². The molecule has 1 N–H and O–H groups in total. The number of nitrogens with zero attached hydrogens (tertiary/aromatic N) is 1.